The molecular weight excluding hydrogens is 510 g/mol. The van der Waals surface area contributed by atoms with E-state index in [2.05, 4.69) is 28.8 Å². The molecule has 204 valence electrons. The lowest BCUT2D eigenvalue weighted by atomic mass is 9.95. The van der Waals surface area contributed by atoms with Gasteiger partial charge in [0.25, 0.3) is 0 Å². The molecule has 3 aromatic heterocycles. The number of aromatic hydroxyl groups is 1. The van der Waals surface area contributed by atoms with E-state index in [0.717, 1.165) is 22.8 Å². The maximum atomic E-state index is 15.8. The number of pyridine rings is 2. The standard InChI is InChI=1S/C32H30F2N4O2/c1-16(2)20-10-11-21(19(6)14-20)28-22-15-24(34)29(26-23(33)8-7-9-25(26)39)36-31(22)38(32(40)37-28)30-18(5)12-13-35-27(30)17(3)4/h7-17,39H,1-6H3. The van der Waals surface area contributed by atoms with Crippen molar-refractivity contribution in [2.24, 2.45) is 0 Å². The van der Waals surface area contributed by atoms with E-state index in [1.807, 2.05) is 45.9 Å². The molecule has 0 unspecified atom stereocenters. The Labute approximate surface area is 231 Å². The van der Waals surface area contributed by atoms with Gasteiger partial charge in [-0.25, -0.2) is 23.1 Å². The van der Waals surface area contributed by atoms with E-state index >= 15 is 4.39 Å². The molecule has 0 radical (unpaired) electrons. The van der Waals surface area contributed by atoms with Crippen molar-refractivity contribution in [3.8, 4) is 34.0 Å². The number of benzene rings is 2. The van der Waals surface area contributed by atoms with Crippen LogP contribution in [0.1, 0.15) is 61.9 Å². The highest BCUT2D eigenvalue weighted by atomic mass is 19.1. The second-order valence-corrected chi connectivity index (χ2v) is 10.6. The fraction of sp³-hybridized carbons (Fsp3) is 0.250. The maximum absolute atomic E-state index is 15.8. The number of hydrogen-bond donors (Lipinski definition) is 1. The fourth-order valence-electron chi connectivity index (χ4n) is 5.05. The minimum atomic E-state index is -0.857. The molecule has 5 aromatic rings. The quantitative estimate of drug-likeness (QED) is 0.252. The molecule has 40 heavy (non-hydrogen) atoms. The molecule has 1 N–H and O–H groups in total. The number of nitrogens with zero attached hydrogens (tertiary/aromatic N) is 4. The lowest BCUT2D eigenvalue weighted by molar-refractivity contribution is 0.470. The monoisotopic (exact) mass is 540 g/mol. The van der Waals surface area contributed by atoms with Gasteiger partial charge in [0.1, 0.15) is 17.3 Å². The highest BCUT2D eigenvalue weighted by molar-refractivity contribution is 5.93. The van der Waals surface area contributed by atoms with Gasteiger partial charge in [-0.3, -0.25) is 4.98 Å². The molecule has 5 rings (SSSR count). The van der Waals surface area contributed by atoms with Crippen LogP contribution in [0.3, 0.4) is 0 Å². The van der Waals surface area contributed by atoms with Crippen molar-refractivity contribution in [3.63, 3.8) is 0 Å². The molecule has 0 aliphatic heterocycles. The van der Waals surface area contributed by atoms with E-state index < -0.39 is 28.8 Å². The summed E-state index contributed by atoms with van der Waals surface area (Å²) >= 11 is 0. The van der Waals surface area contributed by atoms with Crippen LogP contribution in [-0.4, -0.2) is 24.6 Å². The number of aromatic nitrogens is 4. The van der Waals surface area contributed by atoms with Crippen molar-refractivity contribution < 1.29 is 13.9 Å². The fourth-order valence-corrected chi connectivity index (χ4v) is 5.05. The highest BCUT2D eigenvalue weighted by Crippen LogP contribution is 2.37. The largest absolute Gasteiger partial charge is 0.507 e. The number of fused-ring (bicyclic) bond motifs is 1. The SMILES string of the molecule is Cc1cc(C(C)C)ccc1-c1nc(=O)n(-c2c(C)ccnc2C(C)C)c2nc(-c3c(O)cccc3F)c(F)cc12. The summed E-state index contributed by atoms with van der Waals surface area (Å²) in [4.78, 5) is 27.4. The smallest absolute Gasteiger partial charge is 0.354 e. The minimum Gasteiger partial charge on any atom is -0.507 e. The van der Waals surface area contributed by atoms with E-state index in [-0.39, 0.29) is 28.2 Å². The first-order chi connectivity index (χ1) is 19.0. The van der Waals surface area contributed by atoms with Gasteiger partial charge >= 0.3 is 5.69 Å². The molecule has 0 aliphatic rings. The van der Waals surface area contributed by atoms with Crippen LogP contribution in [0.2, 0.25) is 0 Å². The molecule has 0 aliphatic carbocycles. The summed E-state index contributed by atoms with van der Waals surface area (Å²) in [6.45, 7) is 11.8. The Morgan fingerprint density at radius 2 is 1.60 bits per heavy atom. The van der Waals surface area contributed by atoms with Crippen molar-refractivity contribution in [1.82, 2.24) is 19.5 Å². The number of aryl methyl sites for hydroxylation is 2. The van der Waals surface area contributed by atoms with Gasteiger partial charge in [-0.05, 0) is 66.6 Å². The van der Waals surface area contributed by atoms with Crippen LogP contribution < -0.4 is 5.69 Å². The molecule has 0 spiro atoms. The van der Waals surface area contributed by atoms with Crippen LogP contribution >= 0.6 is 0 Å². The Balaban J connectivity index is 1.95. The molecule has 0 saturated carbocycles. The molecule has 3 heterocycles. The molecule has 6 nitrogen and oxygen atoms in total. The number of phenols is 1. The van der Waals surface area contributed by atoms with Crippen LogP contribution in [0.15, 0.2) is 59.5 Å². The molecule has 0 fully saturated rings. The molecule has 0 amide bonds. The molecular formula is C32H30F2N4O2. The first kappa shape index (κ1) is 27.1. The average molecular weight is 541 g/mol. The Morgan fingerprint density at radius 1 is 0.850 bits per heavy atom. The van der Waals surface area contributed by atoms with Gasteiger partial charge in [-0.2, -0.15) is 4.98 Å². The molecule has 0 saturated heterocycles. The maximum Gasteiger partial charge on any atom is 0.354 e. The summed E-state index contributed by atoms with van der Waals surface area (Å²) in [5, 5.41) is 10.7. The summed E-state index contributed by atoms with van der Waals surface area (Å²) in [5.74, 6) is -1.92. The van der Waals surface area contributed by atoms with E-state index in [4.69, 9.17) is 0 Å². The Bertz CT molecular complexity index is 1820. The third-order valence-corrected chi connectivity index (χ3v) is 7.15. The van der Waals surface area contributed by atoms with Gasteiger partial charge in [-0.1, -0.05) is 52.0 Å². The molecule has 0 atom stereocenters. The summed E-state index contributed by atoms with van der Waals surface area (Å²) in [6.07, 6.45) is 1.67. The lowest BCUT2D eigenvalue weighted by Crippen LogP contribution is -2.26. The van der Waals surface area contributed by atoms with Gasteiger partial charge < -0.3 is 5.11 Å². The van der Waals surface area contributed by atoms with Crippen LogP contribution in [0, 0.1) is 25.5 Å². The molecule has 0 bridgehead atoms. The number of halogens is 2. The Kier molecular flexibility index (Phi) is 6.96. The van der Waals surface area contributed by atoms with Crippen LogP contribution in [0.5, 0.6) is 5.75 Å². The second-order valence-electron chi connectivity index (χ2n) is 10.6. The van der Waals surface area contributed by atoms with Crippen LogP contribution in [0.4, 0.5) is 8.78 Å². The van der Waals surface area contributed by atoms with Crippen molar-refractivity contribution in [2.45, 2.75) is 53.4 Å². The van der Waals surface area contributed by atoms with Gasteiger partial charge in [-0.15, -0.1) is 0 Å². The molecule has 2 aromatic carbocycles. The van der Waals surface area contributed by atoms with Crippen molar-refractivity contribution in [3.05, 3.63) is 99.2 Å². The van der Waals surface area contributed by atoms with E-state index in [1.165, 1.54) is 22.8 Å². The van der Waals surface area contributed by atoms with Crippen LogP contribution in [-0.2, 0) is 0 Å². The summed E-state index contributed by atoms with van der Waals surface area (Å²) < 4.78 is 32.0. The minimum absolute atomic E-state index is 0.0575. The average Bonchev–Trinajstić information content (AvgIpc) is 2.89. The van der Waals surface area contributed by atoms with Gasteiger partial charge in [0.15, 0.2) is 11.5 Å². The van der Waals surface area contributed by atoms with Crippen molar-refractivity contribution in [2.75, 3.05) is 0 Å². The topological polar surface area (TPSA) is 80.9 Å². The predicted molar refractivity (Wildman–Crippen MR) is 153 cm³/mol. The first-order valence-corrected chi connectivity index (χ1v) is 13.2. The van der Waals surface area contributed by atoms with Crippen molar-refractivity contribution >= 4 is 11.0 Å². The summed E-state index contributed by atoms with van der Waals surface area (Å²) in [6, 6.07) is 12.5. The van der Waals surface area contributed by atoms with Crippen LogP contribution in [0.25, 0.3) is 39.2 Å². The Morgan fingerprint density at radius 3 is 2.25 bits per heavy atom. The van der Waals surface area contributed by atoms with E-state index in [0.29, 0.717) is 22.9 Å². The zero-order chi connectivity index (χ0) is 28.9. The normalized spacial score (nSPS) is 11.7. The highest BCUT2D eigenvalue weighted by Gasteiger charge is 2.25. The third kappa shape index (κ3) is 4.53. The molecule has 8 heteroatoms. The lowest BCUT2D eigenvalue weighted by Gasteiger charge is -2.20. The van der Waals surface area contributed by atoms with Gasteiger partial charge in [0.05, 0.1) is 22.6 Å². The zero-order valence-corrected chi connectivity index (χ0v) is 23.3. The van der Waals surface area contributed by atoms with E-state index in [1.54, 1.807) is 12.3 Å². The number of rotatable bonds is 5. The van der Waals surface area contributed by atoms with Crippen molar-refractivity contribution in [1.29, 1.82) is 0 Å². The number of hydrogen-bond acceptors (Lipinski definition) is 5. The zero-order valence-electron chi connectivity index (χ0n) is 23.3. The number of phenolic OH excluding ortho intramolecular Hbond substituents is 1. The predicted octanol–water partition coefficient (Wildman–Crippen LogP) is 7.36. The first-order valence-electron chi connectivity index (χ1n) is 13.2. The van der Waals surface area contributed by atoms with Gasteiger partial charge in [0.2, 0.25) is 0 Å². The van der Waals surface area contributed by atoms with Gasteiger partial charge in [0, 0.05) is 17.1 Å². The van der Waals surface area contributed by atoms with E-state index in [9.17, 15) is 14.3 Å². The Hall–Kier alpha value is -4.46. The third-order valence-electron chi connectivity index (χ3n) is 7.15. The second kappa shape index (κ2) is 10.3. The summed E-state index contributed by atoms with van der Waals surface area (Å²) in [5.41, 5.74) is 3.45. The summed E-state index contributed by atoms with van der Waals surface area (Å²) in [7, 11) is 0.